The number of carbonyl (C=O) groups excluding carboxylic acids is 1. The number of ether oxygens (including phenoxy) is 2. The molecule has 1 unspecified atom stereocenters. The van der Waals surface area contributed by atoms with E-state index in [1.54, 1.807) is 24.3 Å². The van der Waals surface area contributed by atoms with E-state index in [1.165, 1.54) is 19.2 Å². The molecule has 0 aliphatic carbocycles. The molecule has 0 bridgehead atoms. The van der Waals surface area contributed by atoms with Crippen LogP contribution in [0, 0.1) is 0 Å². The maximum Gasteiger partial charge on any atom is 0.416 e. The molecule has 0 spiro atoms. The zero-order valence-corrected chi connectivity index (χ0v) is 16.6. The first kappa shape index (κ1) is 24.7. The molecule has 1 atom stereocenters. The van der Waals surface area contributed by atoms with Crippen molar-refractivity contribution in [1.82, 2.24) is 5.32 Å². The number of aliphatic hydroxyl groups excluding tert-OH is 1. The Morgan fingerprint density at radius 2 is 1.86 bits per heavy atom. The van der Waals surface area contributed by atoms with Gasteiger partial charge in [0.25, 0.3) is 0 Å². The summed E-state index contributed by atoms with van der Waals surface area (Å²) in [6.07, 6.45) is -5.31. The third-order valence-corrected chi connectivity index (χ3v) is 3.98. The number of aliphatic hydroxyl groups is 1. The van der Waals surface area contributed by atoms with Crippen LogP contribution in [-0.4, -0.2) is 37.9 Å². The lowest BCUT2D eigenvalue weighted by Crippen LogP contribution is -2.26. The van der Waals surface area contributed by atoms with E-state index in [0.717, 1.165) is 17.7 Å². The lowest BCUT2D eigenvalue weighted by Gasteiger charge is -2.15. The summed E-state index contributed by atoms with van der Waals surface area (Å²) in [6, 6.07) is 11.6. The van der Waals surface area contributed by atoms with E-state index in [-0.39, 0.29) is 36.9 Å². The Kier molecular flexibility index (Phi) is 9.94. The van der Waals surface area contributed by atoms with E-state index >= 15 is 0 Å². The fraction of sp³-hybridized carbons (Fsp3) is 0.350. The number of halogens is 4. The van der Waals surface area contributed by atoms with Crippen LogP contribution in [-0.2, 0) is 22.1 Å². The van der Waals surface area contributed by atoms with Crippen molar-refractivity contribution in [1.29, 1.82) is 0 Å². The van der Waals surface area contributed by atoms with Crippen molar-refractivity contribution in [2.24, 2.45) is 0 Å². The van der Waals surface area contributed by atoms with Crippen LogP contribution in [0.3, 0.4) is 0 Å². The Labute approximate surface area is 173 Å². The number of hydrogen-bond donors (Lipinski definition) is 2. The van der Waals surface area contributed by atoms with Crippen LogP contribution in [0.4, 0.5) is 13.2 Å². The summed E-state index contributed by atoms with van der Waals surface area (Å²) in [4.78, 5) is 11.2. The van der Waals surface area contributed by atoms with E-state index < -0.39 is 17.8 Å². The zero-order valence-electron chi connectivity index (χ0n) is 15.7. The molecule has 2 aromatic rings. The van der Waals surface area contributed by atoms with Crippen molar-refractivity contribution in [3.05, 3.63) is 65.2 Å². The van der Waals surface area contributed by atoms with Crippen molar-refractivity contribution < 1.29 is 32.5 Å². The highest BCUT2D eigenvalue weighted by Crippen LogP contribution is 2.30. The molecule has 0 saturated carbocycles. The van der Waals surface area contributed by atoms with Gasteiger partial charge in [-0.2, -0.15) is 13.2 Å². The third kappa shape index (κ3) is 8.31. The van der Waals surface area contributed by atoms with Gasteiger partial charge in [0.1, 0.15) is 12.4 Å². The number of benzene rings is 2. The summed E-state index contributed by atoms with van der Waals surface area (Å²) in [7, 11) is 1.33. The van der Waals surface area contributed by atoms with E-state index in [4.69, 9.17) is 4.74 Å². The smallest absolute Gasteiger partial charge is 0.416 e. The SMILES string of the molecule is COC(=O)Cc1ccc(OCCNCC(O)c2cccc(C(F)(F)F)c2)cc1.Cl. The van der Waals surface area contributed by atoms with E-state index in [9.17, 15) is 23.1 Å². The minimum absolute atomic E-state index is 0. The topological polar surface area (TPSA) is 67.8 Å². The number of carbonyl (C=O) groups is 1. The van der Waals surface area contributed by atoms with Gasteiger partial charge >= 0.3 is 12.1 Å². The van der Waals surface area contributed by atoms with Crippen molar-refractivity contribution in [2.75, 3.05) is 26.8 Å². The molecule has 5 nitrogen and oxygen atoms in total. The van der Waals surface area contributed by atoms with Gasteiger partial charge in [-0.15, -0.1) is 12.4 Å². The minimum Gasteiger partial charge on any atom is -0.492 e. The van der Waals surface area contributed by atoms with E-state index in [0.29, 0.717) is 18.9 Å². The highest BCUT2D eigenvalue weighted by atomic mass is 35.5. The van der Waals surface area contributed by atoms with E-state index in [2.05, 4.69) is 10.1 Å². The third-order valence-electron chi connectivity index (χ3n) is 3.98. The summed E-state index contributed by atoms with van der Waals surface area (Å²) in [5.41, 5.74) is 0.217. The second kappa shape index (κ2) is 11.6. The number of alkyl halides is 3. The Hall–Kier alpha value is -2.29. The van der Waals surface area contributed by atoms with Gasteiger partial charge in [-0.05, 0) is 35.4 Å². The predicted octanol–water partition coefficient (Wildman–Crippen LogP) is 3.54. The average molecular weight is 434 g/mol. The van der Waals surface area contributed by atoms with Gasteiger partial charge in [0.2, 0.25) is 0 Å². The molecule has 0 saturated heterocycles. The average Bonchev–Trinajstić information content (AvgIpc) is 2.68. The first-order valence-corrected chi connectivity index (χ1v) is 8.64. The van der Waals surface area contributed by atoms with Crippen LogP contribution >= 0.6 is 12.4 Å². The lowest BCUT2D eigenvalue weighted by molar-refractivity contribution is -0.140. The number of hydrogen-bond acceptors (Lipinski definition) is 5. The maximum absolute atomic E-state index is 12.7. The molecule has 2 N–H and O–H groups in total. The number of methoxy groups -OCH3 is 1. The molecular formula is C20H23ClF3NO4. The zero-order chi connectivity index (χ0) is 20.6. The standard InChI is InChI=1S/C20H22F3NO4.ClH/c1-27-19(26)11-14-5-7-17(8-6-14)28-10-9-24-13-18(25)15-3-2-4-16(12-15)20(21,22)23;/h2-8,12,18,24-25H,9-11,13H2,1H3;1H. The molecule has 9 heteroatoms. The molecule has 0 aliphatic heterocycles. The molecule has 2 aromatic carbocycles. The second-order valence-electron chi connectivity index (χ2n) is 6.09. The van der Waals surface area contributed by atoms with Crippen LogP contribution in [0.5, 0.6) is 5.75 Å². The van der Waals surface area contributed by atoms with Crippen molar-refractivity contribution >= 4 is 18.4 Å². The summed E-state index contributed by atoms with van der Waals surface area (Å²) < 4.78 is 48.3. The summed E-state index contributed by atoms with van der Waals surface area (Å²) >= 11 is 0. The molecule has 0 fully saturated rings. The molecule has 2 rings (SSSR count). The minimum atomic E-state index is -4.44. The van der Waals surface area contributed by atoms with Gasteiger partial charge in [-0.1, -0.05) is 24.3 Å². The number of nitrogens with one attached hydrogen (secondary N) is 1. The Bertz CT molecular complexity index is 769. The molecule has 0 aromatic heterocycles. The van der Waals surface area contributed by atoms with Gasteiger partial charge < -0.3 is 19.9 Å². The van der Waals surface area contributed by atoms with Crippen LogP contribution in [0.15, 0.2) is 48.5 Å². The molecule has 29 heavy (non-hydrogen) atoms. The summed E-state index contributed by atoms with van der Waals surface area (Å²) in [5, 5.41) is 13.0. The van der Waals surface area contributed by atoms with Crippen LogP contribution in [0.25, 0.3) is 0 Å². The highest BCUT2D eigenvalue weighted by Gasteiger charge is 2.30. The summed E-state index contributed by atoms with van der Waals surface area (Å²) in [5.74, 6) is 0.297. The molecule has 160 valence electrons. The number of esters is 1. The normalized spacial score (nSPS) is 12.0. The molecule has 0 amide bonds. The van der Waals surface area contributed by atoms with Crippen molar-refractivity contribution in [3.63, 3.8) is 0 Å². The Morgan fingerprint density at radius 3 is 2.48 bits per heavy atom. The number of rotatable bonds is 9. The predicted molar refractivity (Wildman–Crippen MR) is 104 cm³/mol. The first-order valence-electron chi connectivity index (χ1n) is 8.64. The monoisotopic (exact) mass is 433 g/mol. The highest BCUT2D eigenvalue weighted by molar-refractivity contribution is 5.85. The summed E-state index contributed by atoms with van der Waals surface area (Å²) in [6.45, 7) is 0.814. The van der Waals surface area contributed by atoms with Crippen molar-refractivity contribution in [2.45, 2.75) is 18.7 Å². The maximum atomic E-state index is 12.7. The second-order valence-corrected chi connectivity index (χ2v) is 6.09. The van der Waals surface area contributed by atoms with Gasteiger partial charge in [-0.3, -0.25) is 4.79 Å². The van der Waals surface area contributed by atoms with Gasteiger partial charge in [-0.25, -0.2) is 0 Å². The molecule has 0 heterocycles. The fourth-order valence-corrected chi connectivity index (χ4v) is 2.46. The first-order chi connectivity index (χ1) is 13.3. The van der Waals surface area contributed by atoms with Gasteiger partial charge in [0.15, 0.2) is 0 Å². The fourth-order valence-electron chi connectivity index (χ4n) is 2.46. The molecule has 0 aliphatic rings. The van der Waals surface area contributed by atoms with Gasteiger partial charge in [0.05, 0.1) is 25.2 Å². The molecule has 0 radical (unpaired) electrons. The van der Waals surface area contributed by atoms with Crippen LogP contribution in [0.2, 0.25) is 0 Å². The largest absolute Gasteiger partial charge is 0.492 e. The van der Waals surface area contributed by atoms with Gasteiger partial charge in [0, 0.05) is 13.1 Å². The van der Waals surface area contributed by atoms with Crippen LogP contribution < -0.4 is 10.1 Å². The van der Waals surface area contributed by atoms with E-state index in [1.807, 2.05) is 0 Å². The lowest BCUT2D eigenvalue weighted by atomic mass is 10.1. The van der Waals surface area contributed by atoms with Crippen molar-refractivity contribution in [3.8, 4) is 5.75 Å². The Balaban J connectivity index is 0.00000420. The molecular weight excluding hydrogens is 411 g/mol. The van der Waals surface area contributed by atoms with Crippen LogP contribution in [0.1, 0.15) is 22.8 Å². The Morgan fingerprint density at radius 1 is 1.17 bits per heavy atom. The quantitative estimate of drug-likeness (QED) is 0.467.